The van der Waals surface area contributed by atoms with Gasteiger partial charge in [0, 0.05) is 23.6 Å². The van der Waals surface area contributed by atoms with Gasteiger partial charge in [0.2, 0.25) is 0 Å². The molecule has 0 radical (unpaired) electrons. The minimum atomic E-state index is -3.47. The molecule has 0 spiro atoms. The van der Waals surface area contributed by atoms with Crippen LogP contribution < -0.4 is 5.14 Å². The number of hydrogen-bond donors (Lipinski definition) is 1. The van der Waals surface area contributed by atoms with E-state index in [1.807, 2.05) is 13.8 Å². The third kappa shape index (κ3) is 2.62. The first-order chi connectivity index (χ1) is 5.39. The van der Waals surface area contributed by atoms with Crippen molar-refractivity contribution in [1.82, 2.24) is 4.31 Å². The van der Waals surface area contributed by atoms with Crippen LogP contribution >= 0.6 is 11.8 Å². The van der Waals surface area contributed by atoms with Gasteiger partial charge in [-0.3, -0.25) is 0 Å². The zero-order valence-corrected chi connectivity index (χ0v) is 8.86. The number of thioether (sulfide) groups is 1. The van der Waals surface area contributed by atoms with Crippen molar-refractivity contribution in [3.05, 3.63) is 0 Å². The highest BCUT2D eigenvalue weighted by Crippen LogP contribution is 2.25. The molecule has 2 unspecified atom stereocenters. The Morgan fingerprint density at radius 2 is 1.75 bits per heavy atom. The molecule has 2 atom stereocenters. The number of nitrogens with zero attached hydrogens (tertiary/aromatic N) is 1. The lowest BCUT2D eigenvalue weighted by Crippen LogP contribution is -2.46. The number of hydrogen-bond acceptors (Lipinski definition) is 3. The van der Waals surface area contributed by atoms with Gasteiger partial charge in [0.15, 0.2) is 0 Å². The smallest absolute Gasteiger partial charge is 0.216 e. The van der Waals surface area contributed by atoms with Crippen LogP contribution in [0.1, 0.15) is 13.8 Å². The maximum absolute atomic E-state index is 11.0. The second-order valence-electron chi connectivity index (χ2n) is 3.12. The van der Waals surface area contributed by atoms with Gasteiger partial charge in [-0.25, -0.2) is 5.14 Å². The molecule has 6 heteroatoms. The van der Waals surface area contributed by atoms with Crippen LogP contribution in [0.15, 0.2) is 0 Å². The van der Waals surface area contributed by atoms with Crippen LogP contribution in [0.2, 0.25) is 0 Å². The van der Waals surface area contributed by atoms with Gasteiger partial charge >= 0.3 is 0 Å². The molecule has 0 aromatic heterocycles. The lowest BCUT2D eigenvalue weighted by molar-refractivity contribution is 0.405. The van der Waals surface area contributed by atoms with Crippen molar-refractivity contribution in [2.24, 2.45) is 5.14 Å². The highest BCUT2D eigenvalue weighted by molar-refractivity contribution is 8.00. The molecule has 0 aromatic carbocycles. The normalized spacial score (nSPS) is 33.6. The van der Waals surface area contributed by atoms with Crippen molar-refractivity contribution in [1.29, 1.82) is 0 Å². The second-order valence-corrected chi connectivity index (χ2v) is 6.55. The first-order valence-corrected chi connectivity index (χ1v) is 6.27. The average molecular weight is 210 g/mol. The Kier molecular flexibility index (Phi) is 3.03. The van der Waals surface area contributed by atoms with E-state index in [4.69, 9.17) is 5.14 Å². The van der Waals surface area contributed by atoms with E-state index >= 15 is 0 Å². The highest BCUT2D eigenvalue weighted by atomic mass is 32.2. The fourth-order valence-corrected chi connectivity index (χ4v) is 3.72. The molecule has 12 heavy (non-hydrogen) atoms. The van der Waals surface area contributed by atoms with E-state index < -0.39 is 10.2 Å². The Balaban J connectivity index is 2.68. The molecule has 0 aliphatic carbocycles. The molecule has 1 fully saturated rings. The molecule has 1 aliphatic heterocycles. The minimum absolute atomic E-state index is 0.340. The zero-order chi connectivity index (χ0) is 9.35. The number of nitrogens with two attached hydrogens (primary N) is 1. The molecule has 0 amide bonds. The molecule has 4 nitrogen and oxygen atoms in total. The zero-order valence-electron chi connectivity index (χ0n) is 7.23. The lowest BCUT2D eigenvalue weighted by Gasteiger charge is -2.32. The third-order valence-electron chi connectivity index (χ3n) is 1.75. The predicted molar refractivity (Wildman–Crippen MR) is 51.2 cm³/mol. The standard InChI is InChI=1S/C6H14N2O2S2/c1-5-3-8(12(7,9)10)4-6(2)11-5/h5-6H,3-4H2,1-2H3,(H2,7,9,10). The summed E-state index contributed by atoms with van der Waals surface area (Å²) < 4.78 is 23.3. The molecule has 2 N–H and O–H groups in total. The summed E-state index contributed by atoms with van der Waals surface area (Å²) in [7, 11) is -3.47. The van der Waals surface area contributed by atoms with Gasteiger partial charge in [0.1, 0.15) is 0 Å². The van der Waals surface area contributed by atoms with Gasteiger partial charge < -0.3 is 0 Å². The number of rotatable bonds is 1. The molecule has 1 heterocycles. The van der Waals surface area contributed by atoms with Crippen LogP contribution in [0.3, 0.4) is 0 Å². The molecular weight excluding hydrogens is 196 g/mol. The van der Waals surface area contributed by atoms with E-state index in [0.29, 0.717) is 23.6 Å². The molecule has 1 saturated heterocycles. The van der Waals surface area contributed by atoms with Crippen LogP contribution in [0.25, 0.3) is 0 Å². The van der Waals surface area contributed by atoms with Crippen molar-refractivity contribution >= 4 is 22.0 Å². The van der Waals surface area contributed by atoms with E-state index in [1.165, 1.54) is 4.31 Å². The van der Waals surface area contributed by atoms with Crippen molar-refractivity contribution < 1.29 is 8.42 Å². The fraction of sp³-hybridized carbons (Fsp3) is 1.00. The van der Waals surface area contributed by atoms with Gasteiger partial charge in [0.05, 0.1) is 0 Å². The SMILES string of the molecule is CC1CN(S(N)(=O)=O)CC(C)S1. The summed E-state index contributed by atoms with van der Waals surface area (Å²) in [5, 5.41) is 5.70. The molecule has 0 aromatic rings. The minimum Gasteiger partial charge on any atom is -0.216 e. The van der Waals surface area contributed by atoms with E-state index in [-0.39, 0.29) is 0 Å². The summed E-state index contributed by atoms with van der Waals surface area (Å²) in [5.41, 5.74) is 0. The quantitative estimate of drug-likeness (QED) is 0.663. The van der Waals surface area contributed by atoms with Crippen molar-refractivity contribution in [2.75, 3.05) is 13.1 Å². The predicted octanol–water partition coefficient (Wildman–Crippen LogP) is 0.0157. The van der Waals surface area contributed by atoms with Gasteiger partial charge in [-0.15, -0.1) is 0 Å². The van der Waals surface area contributed by atoms with Crippen molar-refractivity contribution in [3.8, 4) is 0 Å². The van der Waals surface area contributed by atoms with Crippen LogP contribution in [-0.2, 0) is 10.2 Å². The summed E-state index contributed by atoms with van der Waals surface area (Å²) in [6, 6.07) is 0. The van der Waals surface area contributed by atoms with E-state index in [1.54, 1.807) is 11.8 Å². The van der Waals surface area contributed by atoms with Crippen molar-refractivity contribution in [2.45, 2.75) is 24.3 Å². The summed E-state index contributed by atoms with van der Waals surface area (Å²) in [5.74, 6) is 0. The van der Waals surface area contributed by atoms with Gasteiger partial charge in [0.25, 0.3) is 10.2 Å². The van der Waals surface area contributed by atoms with Crippen LogP contribution in [0.5, 0.6) is 0 Å². The molecular formula is C6H14N2O2S2. The third-order valence-corrected chi connectivity index (χ3v) is 3.99. The van der Waals surface area contributed by atoms with Crippen molar-refractivity contribution in [3.63, 3.8) is 0 Å². The molecule has 0 bridgehead atoms. The molecule has 1 aliphatic rings. The summed E-state index contributed by atoms with van der Waals surface area (Å²) in [6.07, 6.45) is 0. The van der Waals surface area contributed by atoms with Gasteiger partial charge in [-0.05, 0) is 0 Å². The van der Waals surface area contributed by atoms with Crippen LogP contribution in [0, 0.1) is 0 Å². The summed E-state index contributed by atoms with van der Waals surface area (Å²) in [6.45, 7) is 5.10. The molecule has 0 saturated carbocycles. The second kappa shape index (κ2) is 3.53. The maximum Gasteiger partial charge on any atom is 0.276 e. The Bertz CT molecular complexity index is 242. The summed E-state index contributed by atoms with van der Waals surface area (Å²) >= 11 is 1.80. The highest BCUT2D eigenvalue weighted by Gasteiger charge is 2.28. The first kappa shape index (κ1) is 10.3. The maximum atomic E-state index is 11.0. The fourth-order valence-electron chi connectivity index (χ4n) is 1.34. The van der Waals surface area contributed by atoms with E-state index in [9.17, 15) is 8.42 Å². The van der Waals surface area contributed by atoms with Gasteiger partial charge in [-0.2, -0.15) is 24.5 Å². The monoisotopic (exact) mass is 210 g/mol. The lowest BCUT2D eigenvalue weighted by atomic mass is 10.4. The first-order valence-electron chi connectivity index (χ1n) is 3.83. The van der Waals surface area contributed by atoms with Gasteiger partial charge in [-0.1, -0.05) is 13.8 Å². The largest absolute Gasteiger partial charge is 0.276 e. The van der Waals surface area contributed by atoms with Crippen LogP contribution in [0.4, 0.5) is 0 Å². The molecule has 1 rings (SSSR count). The van der Waals surface area contributed by atoms with Crippen LogP contribution in [-0.4, -0.2) is 36.3 Å². The Morgan fingerprint density at radius 3 is 2.08 bits per heavy atom. The van der Waals surface area contributed by atoms with E-state index in [2.05, 4.69) is 0 Å². The molecule has 72 valence electrons. The van der Waals surface area contributed by atoms with E-state index in [0.717, 1.165) is 0 Å². The Hall–Kier alpha value is 0.220. The Morgan fingerprint density at radius 1 is 1.33 bits per heavy atom. The Labute approximate surface area is 77.7 Å². The summed E-state index contributed by atoms with van der Waals surface area (Å²) in [4.78, 5) is 0. The average Bonchev–Trinajstić information content (AvgIpc) is 1.82. The topological polar surface area (TPSA) is 63.4 Å².